The molecule has 0 saturated heterocycles. The summed E-state index contributed by atoms with van der Waals surface area (Å²) in [6.45, 7) is 7.90. The molecule has 0 aliphatic rings. The van der Waals surface area contributed by atoms with E-state index < -0.39 is 15.6 Å². The van der Waals surface area contributed by atoms with Crippen molar-refractivity contribution in [3.8, 4) is 16.9 Å². The number of methoxy groups -OCH3 is 1. The van der Waals surface area contributed by atoms with Crippen LogP contribution in [0.1, 0.15) is 36.7 Å². The van der Waals surface area contributed by atoms with Crippen LogP contribution in [0.2, 0.25) is 0 Å². The van der Waals surface area contributed by atoms with Crippen LogP contribution in [0.5, 0.6) is 5.75 Å². The molecule has 0 aliphatic carbocycles. The lowest BCUT2D eigenvalue weighted by Gasteiger charge is -2.21. The molecule has 0 radical (unpaired) electrons. The summed E-state index contributed by atoms with van der Waals surface area (Å²) in [6.07, 6.45) is 0.711. The van der Waals surface area contributed by atoms with E-state index in [9.17, 15) is 13.2 Å². The van der Waals surface area contributed by atoms with Gasteiger partial charge >= 0.3 is 0 Å². The van der Waals surface area contributed by atoms with Crippen LogP contribution in [0.15, 0.2) is 41.3 Å². The number of rotatable bonds is 10. The van der Waals surface area contributed by atoms with Crippen molar-refractivity contribution in [3.05, 3.63) is 47.5 Å². The van der Waals surface area contributed by atoms with Gasteiger partial charge in [0.2, 0.25) is 10.0 Å². The highest BCUT2D eigenvalue weighted by Gasteiger charge is 2.23. The Balaban J connectivity index is 2.45. The molecule has 2 rings (SSSR count). The average molecular weight is 436 g/mol. The van der Waals surface area contributed by atoms with Gasteiger partial charge in [0.15, 0.2) is 13.1 Å². The second-order valence-electron chi connectivity index (χ2n) is 7.90. The molecule has 0 unspecified atom stereocenters. The van der Waals surface area contributed by atoms with Crippen molar-refractivity contribution in [2.24, 2.45) is 0 Å². The molecule has 0 aliphatic heterocycles. The summed E-state index contributed by atoms with van der Waals surface area (Å²) < 4.78 is 44.2. The van der Waals surface area contributed by atoms with E-state index in [-0.39, 0.29) is 11.7 Å². The minimum atomic E-state index is -3.71. The van der Waals surface area contributed by atoms with Crippen molar-refractivity contribution >= 4 is 16.3 Å². The molecular weight excluding hydrogens is 406 g/mol. The lowest BCUT2D eigenvalue weighted by molar-refractivity contribution is -0.00842. The van der Waals surface area contributed by atoms with Crippen LogP contribution in [0.3, 0.4) is 0 Å². The van der Waals surface area contributed by atoms with Crippen molar-refractivity contribution < 1.29 is 27.4 Å². The van der Waals surface area contributed by atoms with Crippen LogP contribution in [0.25, 0.3) is 11.1 Å². The quantitative estimate of drug-likeness (QED) is 0.349. The van der Waals surface area contributed by atoms with Gasteiger partial charge < -0.3 is 14.2 Å². The Morgan fingerprint density at radius 1 is 1.10 bits per heavy atom. The van der Waals surface area contributed by atoms with Crippen molar-refractivity contribution in [1.29, 1.82) is 0 Å². The number of carbonyl (C=O) groups excluding carboxylic acids is 1. The maximum Gasteiger partial charge on any atom is 0.241 e. The van der Waals surface area contributed by atoms with Crippen molar-refractivity contribution in [3.63, 3.8) is 0 Å². The molecule has 7 nitrogen and oxygen atoms in total. The smallest absolute Gasteiger partial charge is 0.241 e. The normalized spacial score (nSPS) is 12.0. The summed E-state index contributed by atoms with van der Waals surface area (Å²) >= 11 is 0. The molecule has 0 aromatic heterocycles. The number of hydrogen-bond acceptors (Lipinski definition) is 6. The van der Waals surface area contributed by atoms with E-state index in [1.807, 2.05) is 13.0 Å². The van der Waals surface area contributed by atoms with E-state index >= 15 is 0 Å². The van der Waals surface area contributed by atoms with Gasteiger partial charge in [0.05, 0.1) is 23.7 Å². The SMILES string of the molecule is COCCOCOc1c(C=O)cc(C)cc1-c1cccc(S(=O)(=O)NC(C)(C)C)c1. The van der Waals surface area contributed by atoms with Gasteiger partial charge in [-0.2, -0.15) is 0 Å². The number of ether oxygens (including phenoxy) is 3. The number of hydrogen-bond donors (Lipinski definition) is 1. The third-order valence-corrected chi connectivity index (χ3v) is 5.76. The van der Waals surface area contributed by atoms with E-state index in [0.717, 1.165) is 5.56 Å². The van der Waals surface area contributed by atoms with E-state index in [0.29, 0.717) is 41.9 Å². The maximum atomic E-state index is 12.7. The second-order valence-corrected chi connectivity index (χ2v) is 9.58. The minimum absolute atomic E-state index is 0.0656. The second kappa shape index (κ2) is 10.2. The molecule has 0 spiro atoms. The zero-order chi connectivity index (χ0) is 22.4. The Bertz CT molecular complexity index is 980. The first-order valence-electron chi connectivity index (χ1n) is 9.51. The van der Waals surface area contributed by atoms with Gasteiger partial charge in [-0.05, 0) is 63.1 Å². The lowest BCUT2D eigenvalue weighted by Crippen LogP contribution is -2.40. The first kappa shape index (κ1) is 24.0. The van der Waals surface area contributed by atoms with Crippen LogP contribution < -0.4 is 9.46 Å². The van der Waals surface area contributed by atoms with Crippen molar-refractivity contribution in [1.82, 2.24) is 4.72 Å². The van der Waals surface area contributed by atoms with Gasteiger partial charge in [-0.3, -0.25) is 4.79 Å². The summed E-state index contributed by atoms with van der Waals surface area (Å²) in [6, 6.07) is 10.1. The molecular formula is C22H29NO6S. The van der Waals surface area contributed by atoms with E-state index in [4.69, 9.17) is 14.2 Å². The highest BCUT2D eigenvalue weighted by Crippen LogP contribution is 2.35. The Labute approximate surface area is 178 Å². The summed E-state index contributed by atoms with van der Waals surface area (Å²) in [7, 11) is -2.14. The van der Waals surface area contributed by atoms with Crippen LogP contribution in [-0.2, 0) is 19.5 Å². The lowest BCUT2D eigenvalue weighted by atomic mass is 9.99. The van der Waals surface area contributed by atoms with Gasteiger partial charge in [0, 0.05) is 18.2 Å². The molecule has 0 saturated carbocycles. The van der Waals surface area contributed by atoms with Crippen LogP contribution in [-0.4, -0.2) is 47.4 Å². The highest BCUT2D eigenvalue weighted by molar-refractivity contribution is 7.89. The van der Waals surface area contributed by atoms with E-state index in [1.54, 1.807) is 52.1 Å². The predicted molar refractivity (Wildman–Crippen MR) is 115 cm³/mol. The molecule has 2 aromatic rings. The summed E-state index contributed by atoms with van der Waals surface area (Å²) in [5.41, 5.74) is 1.82. The minimum Gasteiger partial charge on any atom is -0.466 e. The first-order chi connectivity index (χ1) is 14.1. The number of carbonyl (C=O) groups is 1. The van der Waals surface area contributed by atoms with Gasteiger partial charge in [0.1, 0.15) is 5.75 Å². The summed E-state index contributed by atoms with van der Waals surface area (Å²) in [5, 5.41) is 0. The number of benzene rings is 2. The van der Waals surface area contributed by atoms with Crippen LogP contribution >= 0.6 is 0 Å². The van der Waals surface area contributed by atoms with Crippen molar-refractivity contribution in [2.45, 2.75) is 38.1 Å². The topological polar surface area (TPSA) is 90.9 Å². The molecule has 0 bridgehead atoms. The Hall–Kier alpha value is -2.26. The fraction of sp³-hybridized carbons (Fsp3) is 0.409. The summed E-state index contributed by atoms with van der Waals surface area (Å²) in [4.78, 5) is 11.8. The Morgan fingerprint density at radius 2 is 1.83 bits per heavy atom. The van der Waals surface area contributed by atoms with E-state index in [1.165, 1.54) is 6.07 Å². The Kier molecular flexibility index (Phi) is 8.14. The maximum absolute atomic E-state index is 12.7. The third-order valence-electron chi connectivity index (χ3n) is 4.00. The molecule has 164 valence electrons. The molecule has 0 fully saturated rings. The number of aryl methyl sites for hydroxylation is 1. The molecule has 30 heavy (non-hydrogen) atoms. The molecule has 0 heterocycles. The molecule has 8 heteroatoms. The van der Waals surface area contributed by atoms with Crippen molar-refractivity contribution in [2.75, 3.05) is 27.1 Å². The number of nitrogens with one attached hydrogen (secondary N) is 1. The van der Waals surface area contributed by atoms with Gasteiger partial charge in [0.25, 0.3) is 0 Å². The number of sulfonamides is 1. The van der Waals surface area contributed by atoms with Crippen LogP contribution in [0, 0.1) is 6.92 Å². The van der Waals surface area contributed by atoms with Crippen LogP contribution in [0.4, 0.5) is 0 Å². The summed E-state index contributed by atoms with van der Waals surface area (Å²) in [5.74, 6) is 0.339. The monoisotopic (exact) mass is 435 g/mol. The number of aldehydes is 1. The molecule has 0 amide bonds. The third kappa shape index (κ3) is 6.63. The Morgan fingerprint density at radius 3 is 2.47 bits per heavy atom. The molecule has 2 aromatic carbocycles. The fourth-order valence-corrected chi connectivity index (χ4v) is 4.32. The van der Waals surface area contributed by atoms with Gasteiger partial charge in [-0.1, -0.05) is 12.1 Å². The predicted octanol–water partition coefficient (Wildman–Crippen LogP) is 3.55. The van der Waals surface area contributed by atoms with Gasteiger partial charge in [-0.15, -0.1) is 0 Å². The highest BCUT2D eigenvalue weighted by atomic mass is 32.2. The van der Waals surface area contributed by atoms with Gasteiger partial charge in [-0.25, -0.2) is 13.1 Å². The van der Waals surface area contributed by atoms with E-state index in [2.05, 4.69) is 4.72 Å². The fourth-order valence-electron chi connectivity index (χ4n) is 2.86. The molecule has 0 atom stereocenters. The zero-order valence-electron chi connectivity index (χ0n) is 18.0. The largest absolute Gasteiger partial charge is 0.466 e. The average Bonchev–Trinajstić information content (AvgIpc) is 2.66. The standard InChI is InChI=1S/C22H29NO6S/c1-16-11-18(14-24)21(29-15-28-10-9-27-5)20(12-16)17-7-6-8-19(13-17)30(25,26)23-22(2,3)4/h6-8,11-14,23H,9-10,15H2,1-5H3. The zero-order valence-corrected chi connectivity index (χ0v) is 18.8. The first-order valence-corrected chi connectivity index (χ1v) is 11.0. The molecule has 1 N–H and O–H groups in total.